The predicted octanol–water partition coefficient (Wildman–Crippen LogP) is 1.72. The molecule has 1 rings (SSSR count). The number of carbonyl (C=O) groups excluding carboxylic acids is 1. The van der Waals surface area contributed by atoms with Crippen LogP contribution in [0.4, 0.5) is 0 Å². The molecule has 0 radical (unpaired) electrons. The van der Waals surface area contributed by atoms with Gasteiger partial charge in [-0.05, 0) is 32.6 Å². The van der Waals surface area contributed by atoms with Crippen LogP contribution in [0.5, 0.6) is 0 Å². The standard InChI is InChI=1S/C11H21NO2/c1-8(10-6-4-5-7-10)12-9(2)11(13)14-3/h8-10,12H,4-7H2,1-3H3. The lowest BCUT2D eigenvalue weighted by molar-refractivity contribution is -0.142. The zero-order valence-electron chi connectivity index (χ0n) is 9.38. The SMILES string of the molecule is COC(=O)C(C)NC(C)C1CCCC1. The Labute approximate surface area is 86.2 Å². The van der Waals surface area contributed by atoms with E-state index in [0.717, 1.165) is 5.92 Å². The van der Waals surface area contributed by atoms with Crippen molar-refractivity contribution in [2.45, 2.75) is 51.6 Å². The fourth-order valence-electron chi connectivity index (χ4n) is 2.23. The molecule has 3 heteroatoms. The summed E-state index contributed by atoms with van der Waals surface area (Å²) >= 11 is 0. The molecule has 14 heavy (non-hydrogen) atoms. The van der Waals surface area contributed by atoms with Gasteiger partial charge in [-0.2, -0.15) is 0 Å². The Balaban J connectivity index is 2.31. The zero-order chi connectivity index (χ0) is 10.6. The highest BCUT2D eigenvalue weighted by Crippen LogP contribution is 2.27. The Hall–Kier alpha value is -0.570. The first kappa shape index (κ1) is 11.5. The van der Waals surface area contributed by atoms with Crippen LogP contribution in [0, 0.1) is 5.92 Å². The van der Waals surface area contributed by atoms with E-state index in [-0.39, 0.29) is 12.0 Å². The van der Waals surface area contributed by atoms with Crippen molar-refractivity contribution in [2.75, 3.05) is 7.11 Å². The molecule has 0 aromatic heterocycles. The Morgan fingerprint density at radius 3 is 2.43 bits per heavy atom. The van der Waals surface area contributed by atoms with Gasteiger partial charge < -0.3 is 10.1 Å². The summed E-state index contributed by atoms with van der Waals surface area (Å²) in [4.78, 5) is 11.2. The van der Waals surface area contributed by atoms with Gasteiger partial charge in [0.25, 0.3) is 0 Å². The Kier molecular flexibility index (Phi) is 4.39. The minimum atomic E-state index is -0.185. The van der Waals surface area contributed by atoms with Gasteiger partial charge in [0, 0.05) is 6.04 Å². The summed E-state index contributed by atoms with van der Waals surface area (Å²) in [6.45, 7) is 4.02. The Morgan fingerprint density at radius 2 is 1.93 bits per heavy atom. The molecule has 0 aliphatic heterocycles. The van der Waals surface area contributed by atoms with E-state index >= 15 is 0 Å². The number of carbonyl (C=O) groups is 1. The second-order valence-electron chi connectivity index (χ2n) is 4.24. The highest BCUT2D eigenvalue weighted by Gasteiger charge is 2.24. The van der Waals surface area contributed by atoms with Crippen molar-refractivity contribution >= 4 is 5.97 Å². The Morgan fingerprint density at radius 1 is 1.36 bits per heavy atom. The molecule has 1 aliphatic rings. The lowest BCUT2D eigenvalue weighted by Gasteiger charge is -2.23. The van der Waals surface area contributed by atoms with Gasteiger partial charge >= 0.3 is 5.97 Å². The van der Waals surface area contributed by atoms with Crippen LogP contribution >= 0.6 is 0 Å². The van der Waals surface area contributed by atoms with Gasteiger partial charge in [-0.15, -0.1) is 0 Å². The molecule has 0 aromatic carbocycles. The minimum absolute atomic E-state index is 0.171. The molecular weight excluding hydrogens is 178 g/mol. The van der Waals surface area contributed by atoms with Crippen LogP contribution in [0.2, 0.25) is 0 Å². The highest BCUT2D eigenvalue weighted by molar-refractivity contribution is 5.75. The molecule has 2 atom stereocenters. The summed E-state index contributed by atoms with van der Waals surface area (Å²) in [5.41, 5.74) is 0. The number of hydrogen-bond donors (Lipinski definition) is 1. The fourth-order valence-corrected chi connectivity index (χ4v) is 2.23. The van der Waals surface area contributed by atoms with Crippen LogP contribution in [0.1, 0.15) is 39.5 Å². The molecule has 0 bridgehead atoms. The summed E-state index contributed by atoms with van der Waals surface area (Å²) in [7, 11) is 1.43. The van der Waals surface area contributed by atoms with E-state index in [1.54, 1.807) is 0 Å². The van der Waals surface area contributed by atoms with Gasteiger partial charge in [-0.25, -0.2) is 0 Å². The van der Waals surface area contributed by atoms with Crippen LogP contribution < -0.4 is 5.32 Å². The zero-order valence-corrected chi connectivity index (χ0v) is 9.38. The van der Waals surface area contributed by atoms with E-state index < -0.39 is 0 Å². The first-order valence-corrected chi connectivity index (χ1v) is 5.49. The first-order chi connectivity index (χ1) is 6.65. The summed E-state index contributed by atoms with van der Waals surface area (Å²) < 4.78 is 4.67. The van der Waals surface area contributed by atoms with E-state index in [9.17, 15) is 4.79 Å². The number of hydrogen-bond acceptors (Lipinski definition) is 3. The third-order valence-electron chi connectivity index (χ3n) is 3.17. The highest BCUT2D eigenvalue weighted by atomic mass is 16.5. The summed E-state index contributed by atoms with van der Waals surface area (Å²) in [5.74, 6) is 0.567. The van der Waals surface area contributed by atoms with Crippen LogP contribution in [-0.2, 0) is 9.53 Å². The second-order valence-corrected chi connectivity index (χ2v) is 4.24. The molecule has 1 aliphatic carbocycles. The summed E-state index contributed by atoms with van der Waals surface area (Å²) in [5, 5.41) is 3.30. The van der Waals surface area contributed by atoms with E-state index in [0.29, 0.717) is 6.04 Å². The van der Waals surface area contributed by atoms with E-state index in [2.05, 4.69) is 17.0 Å². The molecule has 3 nitrogen and oxygen atoms in total. The molecule has 0 spiro atoms. The van der Waals surface area contributed by atoms with Gasteiger partial charge in [-0.3, -0.25) is 4.79 Å². The largest absolute Gasteiger partial charge is 0.468 e. The van der Waals surface area contributed by atoms with Gasteiger partial charge in [0.15, 0.2) is 0 Å². The number of methoxy groups -OCH3 is 1. The number of rotatable bonds is 4. The normalized spacial score (nSPS) is 21.9. The molecule has 0 amide bonds. The molecule has 0 heterocycles. The van der Waals surface area contributed by atoms with Crippen molar-refractivity contribution in [1.29, 1.82) is 0 Å². The maximum atomic E-state index is 11.2. The topological polar surface area (TPSA) is 38.3 Å². The lowest BCUT2D eigenvalue weighted by atomic mass is 9.99. The van der Waals surface area contributed by atoms with E-state index in [1.807, 2.05) is 6.92 Å². The maximum absolute atomic E-state index is 11.2. The van der Waals surface area contributed by atoms with E-state index in [1.165, 1.54) is 32.8 Å². The summed E-state index contributed by atoms with van der Waals surface area (Å²) in [6.07, 6.45) is 5.26. The van der Waals surface area contributed by atoms with Crippen molar-refractivity contribution in [1.82, 2.24) is 5.32 Å². The molecule has 0 aromatic rings. The van der Waals surface area contributed by atoms with E-state index in [4.69, 9.17) is 0 Å². The van der Waals surface area contributed by atoms with Gasteiger partial charge in [-0.1, -0.05) is 12.8 Å². The lowest BCUT2D eigenvalue weighted by Crippen LogP contribution is -2.43. The average molecular weight is 199 g/mol. The third-order valence-corrected chi connectivity index (χ3v) is 3.17. The van der Waals surface area contributed by atoms with Crippen molar-refractivity contribution in [3.05, 3.63) is 0 Å². The molecular formula is C11H21NO2. The Bertz CT molecular complexity index is 188. The first-order valence-electron chi connectivity index (χ1n) is 5.49. The van der Waals surface area contributed by atoms with Gasteiger partial charge in [0.05, 0.1) is 7.11 Å². The molecule has 1 N–H and O–H groups in total. The third kappa shape index (κ3) is 2.98. The van der Waals surface area contributed by atoms with Crippen molar-refractivity contribution in [3.63, 3.8) is 0 Å². The number of esters is 1. The minimum Gasteiger partial charge on any atom is -0.468 e. The monoisotopic (exact) mass is 199 g/mol. The molecule has 1 fully saturated rings. The maximum Gasteiger partial charge on any atom is 0.322 e. The van der Waals surface area contributed by atoms with Crippen molar-refractivity contribution < 1.29 is 9.53 Å². The van der Waals surface area contributed by atoms with Crippen molar-refractivity contribution in [3.8, 4) is 0 Å². The summed E-state index contributed by atoms with van der Waals surface area (Å²) in [6, 6.07) is 0.238. The average Bonchev–Trinajstić information content (AvgIpc) is 2.69. The van der Waals surface area contributed by atoms with Crippen LogP contribution in [0.15, 0.2) is 0 Å². The quantitative estimate of drug-likeness (QED) is 0.701. The van der Waals surface area contributed by atoms with Crippen LogP contribution in [-0.4, -0.2) is 25.2 Å². The predicted molar refractivity (Wildman–Crippen MR) is 56.0 cm³/mol. The second kappa shape index (κ2) is 5.35. The number of ether oxygens (including phenoxy) is 1. The smallest absolute Gasteiger partial charge is 0.322 e. The molecule has 1 saturated carbocycles. The van der Waals surface area contributed by atoms with Crippen LogP contribution in [0.25, 0.3) is 0 Å². The van der Waals surface area contributed by atoms with Gasteiger partial charge in [0.1, 0.15) is 6.04 Å². The molecule has 2 unspecified atom stereocenters. The van der Waals surface area contributed by atoms with Crippen LogP contribution in [0.3, 0.4) is 0 Å². The van der Waals surface area contributed by atoms with Gasteiger partial charge in [0.2, 0.25) is 0 Å². The molecule has 0 saturated heterocycles. The van der Waals surface area contributed by atoms with Crippen molar-refractivity contribution in [2.24, 2.45) is 5.92 Å². The fraction of sp³-hybridized carbons (Fsp3) is 0.909. The molecule has 82 valence electrons. The number of nitrogens with one attached hydrogen (secondary N) is 1.